The van der Waals surface area contributed by atoms with E-state index in [2.05, 4.69) is 0 Å². The van der Waals surface area contributed by atoms with Gasteiger partial charge >= 0.3 is 0 Å². The molecular formula is C36H70N. The predicted octanol–water partition coefficient (Wildman–Crippen LogP) is 12.9. The van der Waals surface area contributed by atoms with Crippen molar-refractivity contribution in [1.29, 1.82) is 0 Å². The maximum Gasteiger partial charge on any atom is 0.0352 e. The second-order valence-corrected chi connectivity index (χ2v) is 13.5. The summed E-state index contributed by atoms with van der Waals surface area (Å²) >= 11 is 0. The summed E-state index contributed by atoms with van der Waals surface area (Å²) in [4.78, 5) is 0. The number of nitrogens with one attached hydrogen (secondary N) is 1. The molecular weight excluding hydrogens is 446 g/mol. The van der Waals surface area contributed by atoms with Gasteiger partial charge < -0.3 is 0 Å². The Morgan fingerprint density at radius 3 is 0.703 bits per heavy atom. The summed E-state index contributed by atoms with van der Waals surface area (Å²) in [6.45, 7) is 0. The summed E-state index contributed by atoms with van der Waals surface area (Å²) in [5.41, 5.74) is 9.74. The van der Waals surface area contributed by atoms with Gasteiger partial charge in [0.15, 0.2) is 0 Å². The maximum absolute atomic E-state index is 9.87. The third-order valence-electron chi connectivity index (χ3n) is 10.1. The van der Waals surface area contributed by atoms with Gasteiger partial charge in [-0.25, -0.2) is 0 Å². The molecule has 0 spiro atoms. The van der Waals surface area contributed by atoms with Crippen molar-refractivity contribution >= 4 is 0 Å². The van der Waals surface area contributed by atoms with Crippen molar-refractivity contribution in [3.05, 3.63) is 0 Å². The summed E-state index contributed by atoms with van der Waals surface area (Å²) in [6.07, 6.45) is 48.2. The SMILES string of the molecule is [NH]C1(C2CCCCCCCCCCCCCCCCC2)CCCCCCCCCCCCCCCCC1. The molecule has 1 radical (unpaired) electrons. The van der Waals surface area contributed by atoms with E-state index in [0.29, 0.717) is 5.92 Å². The van der Waals surface area contributed by atoms with Gasteiger partial charge in [-0.3, -0.25) is 5.73 Å². The summed E-state index contributed by atoms with van der Waals surface area (Å²) in [5, 5.41) is 0. The van der Waals surface area contributed by atoms with E-state index >= 15 is 0 Å². The first kappa shape index (κ1) is 33.2. The van der Waals surface area contributed by atoms with Gasteiger partial charge in [0, 0.05) is 5.54 Å². The van der Waals surface area contributed by atoms with Crippen molar-refractivity contribution in [3.63, 3.8) is 0 Å². The lowest BCUT2D eigenvalue weighted by Crippen LogP contribution is -2.40. The predicted molar refractivity (Wildman–Crippen MR) is 166 cm³/mol. The van der Waals surface area contributed by atoms with Crippen LogP contribution in [0.2, 0.25) is 0 Å². The van der Waals surface area contributed by atoms with Crippen LogP contribution in [0.25, 0.3) is 0 Å². The lowest BCUT2D eigenvalue weighted by molar-refractivity contribution is 0.181. The molecule has 0 aliphatic heterocycles. The van der Waals surface area contributed by atoms with E-state index in [4.69, 9.17) is 0 Å². The number of hydrogen-bond donors (Lipinski definition) is 0. The second-order valence-electron chi connectivity index (χ2n) is 13.5. The monoisotopic (exact) mass is 517 g/mol. The fourth-order valence-electron chi connectivity index (χ4n) is 7.49. The third kappa shape index (κ3) is 18.0. The van der Waals surface area contributed by atoms with Gasteiger partial charge in [0.2, 0.25) is 0 Å². The highest BCUT2D eigenvalue weighted by Gasteiger charge is 2.34. The summed E-state index contributed by atoms with van der Waals surface area (Å²) in [5.74, 6) is 0.664. The molecule has 0 bridgehead atoms. The molecule has 0 heterocycles. The standard InChI is InChI=1S/C36H70N/c37-36(33-29-25-21-17-13-9-5-2-6-10-14-18-22-26-30-34-36)35-31-27-23-19-15-11-7-3-1-4-8-12-16-20-24-28-32-35/h35,37H,1-34H2. The molecule has 0 aromatic carbocycles. The maximum atomic E-state index is 9.87. The minimum Gasteiger partial charge on any atom is -0.251 e. The van der Waals surface area contributed by atoms with Crippen LogP contribution < -0.4 is 5.73 Å². The molecule has 0 aromatic rings. The average molecular weight is 517 g/mol. The van der Waals surface area contributed by atoms with Crippen LogP contribution in [0.3, 0.4) is 0 Å². The molecule has 0 unspecified atom stereocenters. The summed E-state index contributed by atoms with van der Waals surface area (Å²) in [6, 6.07) is 0. The van der Waals surface area contributed by atoms with Crippen LogP contribution in [0.1, 0.15) is 218 Å². The van der Waals surface area contributed by atoms with Crippen LogP contribution in [0.5, 0.6) is 0 Å². The smallest absolute Gasteiger partial charge is 0.0352 e. The largest absolute Gasteiger partial charge is 0.251 e. The fraction of sp³-hybridized carbons (Fsp3) is 1.00. The Bertz CT molecular complexity index is 435. The molecule has 1 nitrogen and oxygen atoms in total. The Labute approximate surface area is 235 Å². The van der Waals surface area contributed by atoms with E-state index in [1.54, 1.807) is 0 Å². The Kier molecular flexibility index (Phi) is 21.3. The van der Waals surface area contributed by atoms with Gasteiger partial charge in [-0.15, -0.1) is 0 Å². The Morgan fingerprint density at radius 1 is 0.270 bits per heavy atom. The van der Waals surface area contributed by atoms with E-state index < -0.39 is 0 Å². The zero-order valence-corrected chi connectivity index (χ0v) is 25.6. The van der Waals surface area contributed by atoms with Crippen molar-refractivity contribution in [1.82, 2.24) is 5.73 Å². The first-order chi connectivity index (χ1) is 18.3. The van der Waals surface area contributed by atoms with Gasteiger partial charge in [0.05, 0.1) is 0 Å². The van der Waals surface area contributed by atoms with Crippen molar-refractivity contribution in [2.24, 2.45) is 5.92 Å². The molecule has 2 fully saturated rings. The zero-order valence-electron chi connectivity index (χ0n) is 25.6. The molecule has 2 saturated carbocycles. The van der Waals surface area contributed by atoms with Crippen LogP contribution >= 0.6 is 0 Å². The molecule has 2 aliphatic rings. The molecule has 2 rings (SSSR count). The van der Waals surface area contributed by atoms with Crippen molar-refractivity contribution in [2.45, 2.75) is 224 Å². The van der Waals surface area contributed by atoms with E-state index in [-0.39, 0.29) is 5.54 Å². The molecule has 2 aliphatic carbocycles. The quantitative estimate of drug-likeness (QED) is 0.331. The van der Waals surface area contributed by atoms with E-state index in [1.807, 2.05) is 0 Å². The highest BCUT2D eigenvalue weighted by Crippen LogP contribution is 2.37. The lowest BCUT2D eigenvalue weighted by atomic mass is 9.72. The average Bonchev–Trinajstić information content (AvgIpc) is 2.90. The van der Waals surface area contributed by atoms with Crippen LogP contribution in [0, 0.1) is 5.92 Å². The van der Waals surface area contributed by atoms with Gasteiger partial charge in [0.1, 0.15) is 0 Å². The molecule has 37 heavy (non-hydrogen) atoms. The fourth-order valence-corrected chi connectivity index (χ4v) is 7.49. The molecule has 0 atom stereocenters. The Balaban J connectivity index is 1.90. The van der Waals surface area contributed by atoms with Crippen molar-refractivity contribution in [3.8, 4) is 0 Å². The van der Waals surface area contributed by atoms with Crippen LogP contribution in [0.4, 0.5) is 0 Å². The van der Waals surface area contributed by atoms with Crippen LogP contribution in [-0.2, 0) is 0 Å². The minimum absolute atomic E-state index is 0.133. The van der Waals surface area contributed by atoms with E-state index in [9.17, 15) is 5.73 Å². The Hall–Kier alpha value is -0.0400. The van der Waals surface area contributed by atoms with Gasteiger partial charge in [-0.1, -0.05) is 193 Å². The number of hydrogen-bond acceptors (Lipinski definition) is 0. The van der Waals surface area contributed by atoms with Gasteiger partial charge in [-0.2, -0.15) is 0 Å². The summed E-state index contributed by atoms with van der Waals surface area (Å²) in [7, 11) is 0. The van der Waals surface area contributed by atoms with Gasteiger partial charge in [-0.05, 0) is 31.6 Å². The van der Waals surface area contributed by atoms with Crippen molar-refractivity contribution < 1.29 is 0 Å². The third-order valence-corrected chi connectivity index (χ3v) is 10.1. The number of rotatable bonds is 1. The van der Waals surface area contributed by atoms with Crippen LogP contribution in [0.15, 0.2) is 0 Å². The molecule has 0 amide bonds. The highest BCUT2D eigenvalue weighted by molar-refractivity contribution is 4.91. The first-order valence-corrected chi connectivity index (χ1v) is 18.1. The van der Waals surface area contributed by atoms with E-state index in [0.717, 1.165) is 0 Å². The highest BCUT2D eigenvalue weighted by atomic mass is 14.8. The second kappa shape index (κ2) is 23.8. The normalized spacial score (nSPS) is 26.2. The molecule has 219 valence electrons. The van der Waals surface area contributed by atoms with Gasteiger partial charge in [0.25, 0.3) is 0 Å². The van der Waals surface area contributed by atoms with E-state index in [1.165, 1.54) is 218 Å². The lowest BCUT2D eigenvalue weighted by Gasteiger charge is -2.38. The zero-order chi connectivity index (χ0) is 26.1. The molecule has 0 saturated heterocycles. The topological polar surface area (TPSA) is 23.8 Å². The molecule has 1 heteroatoms. The first-order valence-electron chi connectivity index (χ1n) is 18.1. The minimum atomic E-state index is -0.133. The van der Waals surface area contributed by atoms with Crippen LogP contribution in [-0.4, -0.2) is 5.54 Å². The molecule has 1 N–H and O–H groups in total. The summed E-state index contributed by atoms with van der Waals surface area (Å²) < 4.78 is 0. The van der Waals surface area contributed by atoms with Crippen molar-refractivity contribution in [2.75, 3.05) is 0 Å². The Morgan fingerprint density at radius 2 is 0.459 bits per heavy atom. The molecule has 0 aromatic heterocycles.